The highest BCUT2D eigenvalue weighted by molar-refractivity contribution is 7.93. The van der Waals surface area contributed by atoms with Gasteiger partial charge < -0.3 is 5.11 Å². The zero-order valence-electron chi connectivity index (χ0n) is 9.69. The quantitative estimate of drug-likeness (QED) is 0.818. The Kier molecular flexibility index (Phi) is 2.39. The van der Waals surface area contributed by atoms with Crippen LogP contribution in [0.25, 0.3) is 0 Å². The molecule has 0 aromatic heterocycles. The monoisotopic (exact) mass is 246 g/mol. The fraction of sp³-hybridized carbons (Fsp3) is 0.909. The Bertz CT molecular complexity index is 417. The van der Waals surface area contributed by atoms with E-state index in [2.05, 4.69) is 0 Å². The lowest BCUT2D eigenvalue weighted by molar-refractivity contribution is -0.144. The number of carbonyl (C=O) groups is 1. The molecule has 2 aliphatic rings. The predicted molar refractivity (Wildman–Crippen MR) is 59.9 cm³/mol. The minimum Gasteiger partial charge on any atom is -0.481 e. The van der Waals surface area contributed by atoms with E-state index in [1.165, 1.54) is 0 Å². The third kappa shape index (κ3) is 1.56. The molecule has 0 spiro atoms. The van der Waals surface area contributed by atoms with Crippen molar-refractivity contribution in [2.24, 2.45) is 11.3 Å². The molecule has 0 radical (unpaired) electrons. The lowest BCUT2D eigenvalue weighted by Crippen LogP contribution is -2.35. The van der Waals surface area contributed by atoms with Crippen molar-refractivity contribution in [1.29, 1.82) is 0 Å². The molecular formula is C11H18O4S. The van der Waals surface area contributed by atoms with Gasteiger partial charge in [0.05, 0.1) is 15.9 Å². The van der Waals surface area contributed by atoms with Crippen molar-refractivity contribution < 1.29 is 18.3 Å². The maximum Gasteiger partial charge on any atom is 0.309 e. The molecule has 5 heteroatoms. The van der Waals surface area contributed by atoms with Gasteiger partial charge in [0.15, 0.2) is 9.84 Å². The molecule has 92 valence electrons. The highest BCUT2D eigenvalue weighted by Crippen LogP contribution is 2.55. The van der Waals surface area contributed by atoms with E-state index in [9.17, 15) is 13.2 Å². The first-order valence-corrected chi connectivity index (χ1v) is 7.32. The molecular weight excluding hydrogens is 228 g/mol. The molecule has 4 nitrogen and oxygen atoms in total. The van der Waals surface area contributed by atoms with Gasteiger partial charge in [-0.05, 0) is 45.4 Å². The van der Waals surface area contributed by atoms with Gasteiger partial charge in [-0.15, -0.1) is 0 Å². The molecule has 1 unspecified atom stereocenters. The highest BCUT2D eigenvalue weighted by atomic mass is 32.2. The van der Waals surface area contributed by atoms with Crippen molar-refractivity contribution in [2.45, 2.75) is 44.3 Å². The molecule has 1 saturated carbocycles. The highest BCUT2D eigenvalue weighted by Gasteiger charge is 2.56. The molecule has 1 N–H and O–H groups in total. The van der Waals surface area contributed by atoms with Crippen molar-refractivity contribution in [3.8, 4) is 0 Å². The van der Waals surface area contributed by atoms with Gasteiger partial charge >= 0.3 is 5.97 Å². The lowest BCUT2D eigenvalue weighted by Gasteiger charge is -2.27. The Hall–Kier alpha value is -0.580. The van der Waals surface area contributed by atoms with Crippen LogP contribution in [0.2, 0.25) is 0 Å². The smallest absolute Gasteiger partial charge is 0.309 e. The van der Waals surface area contributed by atoms with Crippen LogP contribution in [-0.2, 0) is 14.6 Å². The summed E-state index contributed by atoms with van der Waals surface area (Å²) in [5.41, 5.74) is -0.609. The number of rotatable bonds is 3. The van der Waals surface area contributed by atoms with Gasteiger partial charge in [0.1, 0.15) is 0 Å². The van der Waals surface area contributed by atoms with Crippen LogP contribution in [0.3, 0.4) is 0 Å². The van der Waals surface area contributed by atoms with Crippen LogP contribution in [0.15, 0.2) is 0 Å². The maximum atomic E-state index is 11.8. The SMILES string of the molecule is CC1(C)C(CC2(C(=O)O)CC2)CCS1(=O)=O. The van der Waals surface area contributed by atoms with E-state index >= 15 is 0 Å². The maximum absolute atomic E-state index is 11.8. The summed E-state index contributed by atoms with van der Waals surface area (Å²) >= 11 is 0. The topological polar surface area (TPSA) is 71.4 Å². The normalized spacial score (nSPS) is 33.5. The second-order valence-corrected chi connectivity index (χ2v) is 8.39. The average molecular weight is 246 g/mol. The van der Waals surface area contributed by atoms with Crippen LogP contribution in [0.1, 0.15) is 39.5 Å². The average Bonchev–Trinajstić information content (AvgIpc) is 2.88. The number of carboxylic acids is 1. The van der Waals surface area contributed by atoms with Crippen molar-refractivity contribution >= 4 is 15.8 Å². The van der Waals surface area contributed by atoms with Crippen molar-refractivity contribution in [2.75, 3.05) is 5.75 Å². The van der Waals surface area contributed by atoms with E-state index in [1.54, 1.807) is 13.8 Å². The van der Waals surface area contributed by atoms with Gasteiger partial charge in [0.25, 0.3) is 0 Å². The first-order valence-electron chi connectivity index (χ1n) is 5.67. The van der Waals surface area contributed by atoms with Gasteiger partial charge in [0.2, 0.25) is 0 Å². The van der Waals surface area contributed by atoms with Crippen LogP contribution in [-0.4, -0.2) is 30.0 Å². The van der Waals surface area contributed by atoms with E-state index in [1.807, 2.05) is 0 Å². The zero-order valence-corrected chi connectivity index (χ0v) is 10.5. The first kappa shape index (κ1) is 11.9. The lowest BCUT2D eigenvalue weighted by atomic mass is 9.82. The molecule has 2 fully saturated rings. The number of hydrogen-bond acceptors (Lipinski definition) is 3. The van der Waals surface area contributed by atoms with Crippen LogP contribution in [0, 0.1) is 11.3 Å². The fourth-order valence-corrected chi connectivity index (χ4v) is 4.47. The summed E-state index contributed by atoms with van der Waals surface area (Å²) in [7, 11) is -3.04. The molecule has 0 aromatic rings. The molecule has 1 aliphatic heterocycles. The first-order chi connectivity index (χ1) is 7.21. The number of hydrogen-bond donors (Lipinski definition) is 1. The van der Waals surface area contributed by atoms with E-state index in [4.69, 9.17) is 5.11 Å². The molecule has 0 aromatic carbocycles. The Morgan fingerprint density at radius 1 is 1.38 bits per heavy atom. The standard InChI is InChI=1S/C11H18O4S/c1-10(2)8(3-6-16(10,14)15)7-11(4-5-11)9(12)13/h8H,3-7H2,1-2H3,(H,12,13). The minimum atomic E-state index is -3.04. The van der Waals surface area contributed by atoms with Gasteiger partial charge in [-0.1, -0.05) is 0 Å². The van der Waals surface area contributed by atoms with Crippen LogP contribution in [0.4, 0.5) is 0 Å². The summed E-state index contributed by atoms with van der Waals surface area (Å²) in [6.45, 7) is 3.47. The van der Waals surface area contributed by atoms with E-state index in [0.29, 0.717) is 25.7 Å². The molecule has 16 heavy (non-hydrogen) atoms. The predicted octanol–water partition coefficient (Wildman–Crippen LogP) is 1.45. The van der Waals surface area contributed by atoms with Gasteiger partial charge in [-0.3, -0.25) is 4.79 Å². The largest absolute Gasteiger partial charge is 0.481 e. The summed E-state index contributed by atoms with van der Waals surface area (Å²) in [4.78, 5) is 11.1. The molecule has 1 saturated heterocycles. The fourth-order valence-electron chi connectivity index (χ4n) is 2.64. The Morgan fingerprint density at radius 2 is 1.94 bits per heavy atom. The Morgan fingerprint density at radius 3 is 2.25 bits per heavy atom. The third-order valence-corrected chi connectivity index (χ3v) is 7.17. The van der Waals surface area contributed by atoms with Crippen molar-refractivity contribution in [1.82, 2.24) is 0 Å². The van der Waals surface area contributed by atoms with Gasteiger partial charge in [-0.2, -0.15) is 0 Å². The summed E-state index contributed by atoms with van der Waals surface area (Å²) in [6.07, 6.45) is 2.54. The molecule has 1 heterocycles. The van der Waals surface area contributed by atoms with Crippen LogP contribution in [0.5, 0.6) is 0 Å². The van der Waals surface area contributed by atoms with Crippen LogP contribution < -0.4 is 0 Å². The van der Waals surface area contributed by atoms with Crippen LogP contribution >= 0.6 is 0 Å². The Labute approximate surface area is 96.0 Å². The van der Waals surface area contributed by atoms with Gasteiger partial charge in [0, 0.05) is 0 Å². The number of sulfone groups is 1. The summed E-state index contributed by atoms with van der Waals surface area (Å²) in [5, 5.41) is 9.11. The van der Waals surface area contributed by atoms with E-state index < -0.39 is 26.0 Å². The molecule has 0 bridgehead atoms. The zero-order chi connectivity index (χ0) is 12.2. The molecule has 1 atom stereocenters. The minimum absolute atomic E-state index is 0.00361. The second kappa shape index (κ2) is 3.22. The number of carboxylic acid groups (broad SMARTS) is 1. The third-order valence-electron chi connectivity index (χ3n) is 4.46. The molecule has 2 rings (SSSR count). The van der Waals surface area contributed by atoms with Crippen molar-refractivity contribution in [3.63, 3.8) is 0 Å². The molecule has 1 aliphatic carbocycles. The number of aliphatic carboxylic acids is 1. The van der Waals surface area contributed by atoms with Gasteiger partial charge in [-0.25, -0.2) is 8.42 Å². The summed E-state index contributed by atoms with van der Waals surface area (Å²) < 4.78 is 22.9. The summed E-state index contributed by atoms with van der Waals surface area (Å²) in [5.74, 6) is -0.552. The molecule has 0 amide bonds. The van der Waals surface area contributed by atoms with E-state index in [-0.39, 0.29) is 11.7 Å². The Balaban J connectivity index is 2.17. The summed E-state index contributed by atoms with van der Waals surface area (Å²) in [6, 6.07) is 0. The van der Waals surface area contributed by atoms with E-state index in [0.717, 1.165) is 0 Å². The van der Waals surface area contributed by atoms with Crippen molar-refractivity contribution in [3.05, 3.63) is 0 Å². The second-order valence-electron chi connectivity index (χ2n) is 5.70.